The highest BCUT2D eigenvalue weighted by Gasteiger charge is 2.26. The number of nitrogens with zero attached hydrogens (tertiary/aromatic N) is 2. The molecule has 7 nitrogen and oxygen atoms in total. The van der Waals surface area contributed by atoms with Crippen molar-refractivity contribution in [3.8, 4) is 16.9 Å². The van der Waals surface area contributed by atoms with Crippen molar-refractivity contribution in [3.05, 3.63) is 82.7 Å². The average Bonchev–Trinajstić information content (AvgIpc) is 2.81. The first-order valence-corrected chi connectivity index (χ1v) is 11.7. The van der Waals surface area contributed by atoms with E-state index in [2.05, 4.69) is 11.1 Å². The summed E-state index contributed by atoms with van der Waals surface area (Å²) in [6, 6.07) is 15.2. The Bertz CT molecular complexity index is 1260. The summed E-state index contributed by atoms with van der Waals surface area (Å²) in [5.74, 6) is 0.116. The number of nitrogens with two attached hydrogens (primary N) is 1. The zero-order valence-corrected chi connectivity index (χ0v) is 20.6. The van der Waals surface area contributed by atoms with E-state index in [0.29, 0.717) is 31.0 Å². The Kier molecular flexibility index (Phi) is 6.78. The van der Waals surface area contributed by atoms with Gasteiger partial charge in [-0.15, -0.1) is 0 Å². The molecule has 0 spiro atoms. The van der Waals surface area contributed by atoms with Crippen LogP contribution in [0.5, 0.6) is 5.75 Å². The molecule has 1 aliphatic heterocycles. The number of aryl methyl sites for hydroxylation is 1. The van der Waals surface area contributed by atoms with Crippen LogP contribution in [0.25, 0.3) is 11.1 Å². The summed E-state index contributed by atoms with van der Waals surface area (Å²) in [7, 11) is 0. The standard InChI is InChI=1S/C28H31N3O4/c1-18-9-11-30-23(13-18)17-34-25-8-7-21(26(29)32)15-24(25)20-6-5-19-10-12-31(16-22(19)14-20)27(33)35-28(2,3)4/h5-9,11,13-15H,10,12,16-17H2,1-4H3,(H2,29,32). The van der Waals surface area contributed by atoms with E-state index in [4.69, 9.17) is 15.2 Å². The third kappa shape index (κ3) is 5.98. The van der Waals surface area contributed by atoms with Gasteiger partial charge in [0, 0.05) is 30.4 Å². The number of rotatable bonds is 5. The molecule has 1 aliphatic rings. The maximum Gasteiger partial charge on any atom is 0.410 e. The Morgan fingerprint density at radius 3 is 2.57 bits per heavy atom. The van der Waals surface area contributed by atoms with E-state index in [9.17, 15) is 9.59 Å². The molecule has 2 amide bonds. The van der Waals surface area contributed by atoms with Crippen molar-refractivity contribution < 1.29 is 19.1 Å². The number of pyridine rings is 1. The summed E-state index contributed by atoms with van der Waals surface area (Å²) < 4.78 is 11.7. The van der Waals surface area contributed by atoms with Gasteiger partial charge in [-0.05, 0) is 92.8 Å². The number of ether oxygens (including phenoxy) is 2. The lowest BCUT2D eigenvalue weighted by Gasteiger charge is -2.31. The molecule has 2 heterocycles. The van der Waals surface area contributed by atoms with E-state index < -0.39 is 11.5 Å². The quantitative estimate of drug-likeness (QED) is 0.561. The number of primary amides is 1. The van der Waals surface area contributed by atoms with Gasteiger partial charge in [0.1, 0.15) is 18.0 Å². The molecule has 7 heteroatoms. The predicted octanol–water partition coefficient (Wildman–Crippen LogP) is 5.03. The zero-order chi connectivity index (χ0) is 25.2. The average molecular weight is 474 g/mol. The van der Waals surface area contributed by atoms with Gasteiger partial charge in [0.25, 0.3) is 0 Å². The highest BCUT2D eigenvalue weighted by molar-refractivity contribution is 5.95. The molecule has 3 aromatic rings. The molecule has 0 bridgehead atoms. The topological polar surface area (TPSA) is 94.8 Å². The fourth-order valence-electron chi connectivity index (χ4n) is 4.07. The van der Waals surface area contributed by atoms with Gasteiger partial charge < -0.3 is 20.1 Å². The Labute approximate surface area is 205 Å². The van der Waals surface area contributed by atoms with Crippen LogP contribution in [0, 0.1) is 6.92 Å². The summed E-state index contributed by atoms with van der Waals surface area (Å²) in [6.45, 7) is 8.95. The summed E-state index contributed by atoms with van der Waals surface area (Å²) >= 11 is 0. The normalized spacial score (nSPS) is 13.2. The minimum Gasteiger partial charge on any atom is -0.487 e. The smallest absolute Gasteiger partial charge is 0.410 e. The van der Waals surface area contributed by atoms with E-state index in [1.54, 1.807) is 29.3 Å². The van der Waals surface area contributed by atoms with Crippen molar-refractivity contribution in [2.45, 2.75) is 52.9 Å². The maximum atomic E-state index is 12.6. The van der Waals surface area contributed by atoms with Crippen LogP contribution in [0.4, 0.5) is 4.79 Å². The monoisotopic (exact) mass is 473 g/mol. The summed E-state index contributed by atoms with van der Waals surface area (Å²) in [6.07, 6.45) is 2.18. The van der Waals surface area contributed by atoms with Crippen LogP contribution in [-0.2, 0) is 24.3 Å². The molecule has 1 aromatic heterocycles. The van der Waals surface area contributed by atoms with Crippen LogP contribution >= 0.6 is 0 Å². The van der Waals surface area contributed by atoms with Gasteiger partial charge in [-0.2, -0.15) is 0 Å². The molecule has 0 fully saturated rings. The van der Waals surface area contributed by atoms with Crippen molar-refractivity contribution in [2.75, 3.05) is 6.54 Å². The van der Waals surface area contributed by atoms with E-state index in [1.807, 2.05) is 52.0 Å². The van der Waals surface area contributed by atoms with Gasteiger partial charge in [-0.25, -0.2) is 4.79 Å². The van der Waals surface area contributed by atoms with Crippen molar-refractivity contribution in [2.24, 2.45) is 5.73 Å². The number of aromatic nitrogens is 1. The molecule has 0 radical (unpaired) electrons. The first-order valence-electron chi connectivity index (χ1n) is 11.7. The molecule has 182 valence electrons. The largest absolute Gasteiger partial charge is 0.487 e. The van der Waals surface area contributed by atoms with E-state index in [1.165, 1.54) is 5.56 Å². The maximum absolute atomic E-state index is 12.6. The number of fused-ring (bicyclic) bond motifs is 1. The lowest BCUT2D eigenvalue weighted by atomic mass is 9.93. The molecule has 0 aliphatic carbocycles. The van der Waals surface area contributed by atoms with Crippen LogP contribution < -0.4 is 10.5 Å². The summed E-state index contributed by atoms with van der Waals surface area (Å²) in [5.41, 5.74) is 11.2. The van der Waals surface area contributed by atoms with Crippen LogP contribution in [0.3, 0.4) is 0 Å². The van der Waals surface area contributed by atoms with Crippen LogP contribution in [0.1, 0.15) is 53.5 Å². The number of amides is 2. The molecule has 0 unspecified atom stereocenters. The molecule has 4 rings (SSSR count). The predicted molar refractivity (Wildman–Crippen MR) is 134 cm³/mol. The third-order valence-corrected chi connectivity index (χ3v) is 5.79. The minimum absolute atomic E-state index is 0.294. The molecule has 2 aromatic carbocycles. The lowest BCUT2D eigenvalue weighted by Crippen LogP contribution is -2.39. The number of hydrogen-bond donors (Lipinski definition) is 1. The zero-order valence-electron chi connectivity index (χ0n) is 20.6. The first-order chi connectivity index (χ1) is 16.6. The van der Waals surface area contributed by atoms with Crippen molar-refractivity contribution in [3.63, 3.8) is 0 Å². The molecule has 2 N–H and O–H groups in total. The van der Waals surface area contributed by atoms with Gasteiger partial charge in [-0.1, -0.05) is 12.1 Å². The van der Waals surface area contributed by atoms with Crippen molar-refractivity contribution in [1.29, 1.82) is 0 Å². The minimum atomic E-state index is -0.549. The van der Waals surface area contributed by atoms with Crippen LogP contribution in [0.15, 0.2) is 54.7 Å². The highest BCUT2D eigenvalue weighted by Crippen LogP contribution is 2.34. The second-order valence-electron chi connectivity index (χ2n) is 9.82. The SMILES string of the molecule is Cc1ccnc(COc2ccc(C(N)=O)cc2-c2ccc3c(c2)CN(C(=O)OC(C)(C)C)CC3)c1. The Balaban J connectivity index is 1.63. The molecule has 0 atom stereocenters. The number of hydrogen-bond acceptors (Lipinski definition) is 5. The lowest BCUT2D eigenvalue weighted by molar-refractivity contribution is 0.0224. The van der Waals surface area contributed by atoms with Gasteiger partial charge >= 0.3 is 6.09 Å². The molecule has 35 heavy (non-hydrogen) atoms. The third-order valence-electron chi connectivity index (χ3n) is 5.79. The van der Waals surface area contributed by atoms with Gasteiger partial charge in [0.05, 0.1) is 5.69 Å². The molecule has 0 saturated carbocycles. The van der Waals surface area contributed by atoms with E-state index >= 15 is 0 Å². The fraction of sp³-hybridized carbons (Fsp3) is 0.321. The molecular weight excluding hydrogens is 442 g/mol. The fourth-order valence-corrected chi connectivity index (χ4v) is 4.07. The Morgan fingerprint density at radius 1 is 1.06 bits per heavy atom. The van der Waals surface area contributed by atoms with E-state index in [-0.39, 0.29) is 6.09 Å². The molecule has 0 saturated heterocycles. The first kappa shape index (κ1) is 24.3. The molecular formula is C28H31N3O4. The number of carbonyl (C=O) groups is 2. The van der Waals surface area contributed by atoms with Gasteiger partial charge in [-0.3, -0.25) is 9.78 Å². The highest BCUT2D eigenvalue weighted by atomic mass is 16.6. The van der Waals surface area contributed by atoms with Gasteiger partial charge in [0.2, 0.25) is 5.91 Å². The van der Waals surface area contributed by atoms with Crippen molar-refractivity contribution >= 4 is 12.0 Å². The van der Waals surface area contributed by atoms with Crippen LogP contribution in [0.2, 0.25) is 0 Å². The number of carbonyl (C=O) groups excluding carboxylic acids is 2. The van der Waals surface area contributed by atoms with Gasteiger partial charge in [0.15, 0.2) is 0 Å². The van der Waals surface area contributed by atoms with E-state index in [0.717, 1.165) is 34.4 Å². The summed E-state index contributed by atoms with van der Waals surface area (Å²) in [5, 5.41) is 0. The van der Waals surface area contributed by atoms with Crippen LogP contribution in [-0.4, -0.2) is 34.0 Å². The Hall–Kier alpha value is -3.87. The second kappa shape index (κ2) is 9.78. The van der Waals surface area contributed by atoms with Crippen molar-refractivity contribution in [1.82, 2.24) is 9.88 Å². The Morgan fingerprint density at radius 2 is 1.86 bits per heavy atom. The number of benzene rings is 2. The summed E-state index contributed by atoms with van der Waals surface area (Å²) in [4.78, 5) is 30.6. The second-order valence-corrected chi connectivity index (χ2v) is 9.82.